The molecule has 0 aliphatic heterocycles. The van der Waals surface area contributed by atoms with Gasteiger partial charge in [0, 0.05) is 74.6 Å². The van der Waals surface area contributed by atoms with Crippen LogP contribution in [-0.4, -0.2) is 111 Å². The van der Waals surface area contributed by atoms with Crippen molar-refractivity contribution < 1.29 is 105 Å². The van der Waals surface area contributed by atoms with Gasteiger partial charge in [-0.25, -0.2) is 31.5 Å². The van der Waals surface area contributed by atoms with Crippen LogP contribution >= 0.6 is 58.9 Å². The van der Waals surface area contributed by atoms with Gasteiger partial charge in [-0.3, -0.25) is 14.4 Å². The van der Waals surface area contributed by atoms with E-state index in [1.165, 1.54) is 66.6 Å². The lowest BCUT2D eigenvalue weighted by molar-refractivity contribution is -0.144. The van der Waals surface area contributed by atoms with Crippen molar-refractivity contribution in [2.75, 3.05) is 54.9 Å². The van der Waals surface area contributed by atoms with E-state index in [0.29, 0.717) is 78.4 Å². The number of phenols is 1. The molecular formula is C74H98BBr3ClF5N2O14Si. The molecule has 0 saturated carbocycles. The number of hydrogen-bond acceptors (Lipinski definition) is 14. The van der Waals surface area contributed by atoms with Crippen LogP contribution in [0.1, 0.15) is 179 Å². The fourth-order valence-electron chi connectivity index (χ4n) is 7.88. The van der Waals surface area contributed by atoms with Crippen molar-refractivity contribution in [3.05, 3.63) is 151 Å². The number of esters is 3. The third kappa shape index (κ3) is 41.5. The number of rotatable bonds is 26. The minimum Gasteiger partial charge on any atom is -0.505 e. The number of phenolic OH excluding ortho intramolecular Hbond substituents is 1. The largest absolute Gasteiger partial charge is 0.505 e. The molecule has 0 bridgehead atoms. The summed E-state index contributed by atoms with van der Waals surface area (Å²) in [4.78, 5) is 57.9. The van der Waals surface area contributed by atoms with Crippen molar-refractivity contribution in [3.8, 4) is 52.9 Å². The summed E-state index contributed by atoms with van der Waals surface area (Å²) in [6.07, 6.45) is -0.0974. The van der Waals surface area contributed by atoms with E-state index in [-0.39, 0.29) is 86.9 Å². The lowest BCUT2D eigenvalue weighted by Gasteiger charge is -2.12. The van der Waals surface area contributed by atoms with E-state index in [2.05, 4.69) is 104 Å². The summed E-state index contributed by atoms with van der Waals surface area (Å²) in [5.41, 5.74) is 9.63. The van der Waals surface area contributed by atoms with E-state index in [1.54, 1.807) is 57.8 Å². The molecule has 27 heteroatoms. The first-order valence-corrected chi connectivity index (χ1v) is 38.4. The quantitative estimate of drug-likeness (QED) is 0.00521. The van der Waals surface area contributed by atoms with Gasteiger partial charge in [0.2, 0.25) is 5.84 Å². The van der Waals surface area contributed by atoms with Gasteiger partial charge in [-0.2, -0.15) is 4.79 Å². The summed E-state index contributed by atoms with van der Waals surface area (Å²) in [7, 11) is 4.37. The predicted octanol–water partition coefficient (Wildman–Crippen LogP) is 19.0. The van der Waals surface area contributed by atoms with Gasteiger partial charge in [0.25, 0.3) is 0 Å². The monoisotopic (exact) mass is 1650 g/mol. The van der Waals surface area contributed by atoms with Crippen LogP contribution in [-0.2, 0) is 78.2 Å². The Morgan fingerprint density at radius 3 is 1.26 bits per heavy atom. The number of aryl methyl sites for hydroxylation is 2. The number of aldehydes is 1. The molecule has 101 heavy (non-hydrogen) atoms. The minimum absolute atomic E-state index is 0.00465. The smallest absolute Gasteiger partial charge is 0.403 e. The zero-order valence-electron chi connectivity index (χ0n) is 68.0. The molecule has 0 fully saturated rings. The Labute approximate surface area is 637 Å². The molecule has 0 unspecified atom stereocenters. The molecule has 0 aromatic heterocycles. The highest BCUT2D eigenvalue weighted by atomic mass is 79.9. The van der Waals surface area contributed by atoms with Crippen LogP contribution in [0.3, 0.4) is 0 Å². The lowest BCUT2D eigenvalue weighted by Crippen LogP contribution is -2.22. The van der Waals surface area contributed by atoms with Gasteiger partial charge in [-0.15, -0.1) is 53.7 Å². The Balaban J connectivity index is -0.00000123. The minimum atomic E-state index is -2.99. The van der Waals surface area contributed by atoms with Gasteiger partial charge in [-0.05, 0) is 143 Å². The van der Waals surface area contributed by atoms with Crippen molar-refractivity contribution >= 4 is 106 Å². The molecule has 558 valence electrons. The lowest BCUT2D eigenvalue weighted by atomic mass is 9.98. The predicted molar refractivity (Wildman–Crippen MR) is 405 cm³/mol. The Hall–Kier alpha value is -7.19. The first-order valence-electron chi connectivity index (χ1n) is 35.7. The van der Waals surface area contributed by atoms with Crippen LogP contribution in [0.25, 0.3) is 5.53 Å². The molecule has 0 heterocycles. The second-order valence-electron chi connectivity index (χ2n) is 20.9. The van der Waals surface area contributed by atoms with E-state index >= 15 is 0 Å². The molecule has 16 nitrogen and oxygen atoms in total. The van der Waals surface area contributed by atoms with Crippen molar-refractivity contribution in [1.82, 2.24) is 0 Å². The van der Waals surface area contributed by atoms with E-state index in [1.807, 2.05) is 20.8 Å². The third-order valence-electron chi connectivity index (χ3n) is 12.2. The van der Waals surface area contributed by atoms with Crippen molar-refractivity contribution in [1.29, 1.82) is 0 Å². The summed E-state index contributed by atoms with van der Waals surface area (Å²) in [6, 6.07) is 14.0. The third-order valence-corrected chi connectivity index (χ3v) is 13.2. The molecule has 0 aliphatic rings. The van der Waals surface area contributed by atoms with Crippen molar-refractivity contribution in [3.63, 3.8) is 0 Å². The summed E-state index contributed by atoms with van der Waals surface area (Å²) < 4.78 is 171. The highest BCUT2D eigenvalue weighted by molar-refractivity contribution is 9.69. The number of benzene rings is 5. The standard InChI is InChI=1S/C15H21FO3.C15H17FO3.C14H19FO3.C12H13FO.C11H13FO2.C4H10N2Si.C3H5ClO2.BBr3/c2*1-4-6-12-11(8-10-14(17)19-5-2)7-9-13(18-3)15(12)16;1-3-5-11-10(6-8-12(16)14(11)15)7-9-13(17)18-4-2;1-4-6-10-9(5-2)7-8-11(14-3)12(10)13;1-3-4-9-8(7-13)5-6-10(14-2)11(9)12;1-7(2,3)4-6-5;1-2-6-3(4)5;2-1(3)4/h7,9H,4-6,8,10H2,1-3H3;7,9H,4-6H2,1-3H3;6,8,16H,3-5,7,9H2,1-2H3;2,7-8H,4,6H2,1,3H3;5-7H,3-4H2,1-2H3;4H,1-3H3;2H2,1H3;/i8D2,10D2;;7D2,9D2;;;;;. The molecule has 5 aromatic rings. The van der Waals surface area contributed by atoms with Crippen LogP contribution < -0.4 is 18.9 Å². The highest BCUT2D eigenvalue weighted by Gasteiger charge is 2.19. The summed E-state index contributed by atoms with van der Waals surface area (Å²) in [5.74, 6) is 2.88. The molecule has 0 amide bonds. The van der Waals surface area contributed by atoms with E-state index in [9.17, 15) is 51.0 Å². The highest BCUT2D eigenvalue weighted by Crippen LogP contribution is 2.30. The molecule has 1 N–H and O–H groups in total. The number of aromatic hydroxyl groups is 1. The number of carbonyl (C=O) groups excluding carboxylic acids is 5. The Kier molecular flexibility index (Phi) is 47.8. The molecule has 5 rings (SSSR count). The van der Waals surface area contributed by atoms with Crippen LogP contribution in [0.5, 0.6) is 28.7 Å². The number of terminal acetylenes is 1. The molecular weight excluding hydrogens is 1550 g/mol. The van der Waals surface area contributed by atoms with Crippen molar-refractivity contribution in [2.45, 2.75) is 172 Å². The van der Waals surface area contributed by atoms with Gasteiger partial charge in [-0.1, -0.05) is 110 Å². The molecule has 0 saturated heterocycles. The van der Waals surface area contributed by atoms with Gasteiger partial charge in [0.1, 0.15) is 6.29 Å². The van der Waals surface area contributed by atoms with Gasteiger partial charge in [0.05, 0.1) is 54.9 Å². The van der Waals surface area contributed by atoms with Crippen LogP contribution in [0.4, 0.5) is 26.7 Å². The number of halogens is 9. The van der Waals surface area contributed by atoms with Gasteiger partial charge in [0.15, 0.2) is 65.9 Å². The maximum Gasteiger partial charge on any atom is 0.403 e. The SMILES string of the molecule is BrB(Br)Br.C#Cc1ccc(OC)c(F)c1CCC.CCCc1c(C#CC(=O)OCC)ccc(OC)c1F.CCCc1c(C=O)ccc(OC)c1F.CCOC(=O)Cl.C[Si](C)(C)C=[N+]=[N-].[2H]C([2H])(C(=O)OCC)C([2H])([2H])c1ccc(O)c(F)c1CCC.[2H]C([2H])(C(=O)OCC)C([2H])([2H])c1ccc(OC)c(F)c1CCC. The van der Waals surface area contributed by atoms with Crippen LogP contribution in [0, 0.1) is 53.3 Å². The fraction of sp³-hybridized carbons (Fsp3) is 0.459. The number of hydrogen-bond donors (Lipinski definition) is 1. The van der Waals surface area contributed by atoms with Gasteiger partial charge >= 0.3 is 26.5 Å². The zero-order chi connectivity index (χ0) is 84.8. The average Bonchev–Trinajstić information content (AvgIpc) is 0.759. The van der Waals surface area contributed by atoms with Crippen LogP contribution in [0.15, 0.2) is 60.7 Å². The van der Waals surface area contributed by atoms with Gasteiger partial charge < -0.3 is 48.5 Å². The second-order valence-corrected chi connectivity index (χ2v) is 32.6. The Bertz CT molecular complexity index is 3870. The van der Waals surface area contributed by atoms with E-state index in [0.717, 1.165) is 31.4 Å². The Morgan fingerprint density at radius 1 is 0.564 bits per heavy atom. The van der Waals surface area contributed by atoms with E-state index in [4.69, 9.17) is 58.2 Å². The number of ether oxygens (including phenoxy) is 8. The number of carbonyl (C=O) groups is 5. The summed E-state index contributed by atoms with van der Waals surface area (Å²) in [6.45, 7) is 22.5. The summed E-state index contributed by atoms with van der Waals surface area (Å²) in [5, 5.41) is 9.43. The molecule has 0 aliphatic carbocycles. The van der Waals surface area contributed by atoms with Crippen LogP contribution in [0.2, 0.25) is 19.6 Å². The number of nitrogens with zero attached hydrogens (tertiary/aromatic N) is 2. The summed E-state index contributed by atoms with van der Waals surface area (Å²) >= 11 is 14.0. The van der Waals surface area contributed by atoms with E-state index < -0.39 is 85.9 Å². The second kappa shape index (κ2) is 58.3. The maximum atomic E-state index is 14.5. The average molecular weight is 1660 g/mol. The first kappa shape index (κ1) is 82.8. The molecule has 5 aromatic carbocycles. The fourth-order valence-corrected chi connectivity index (χ4v) is 8.33. The van der Waals surface area contributed by atoms with Crippen molar-refractivity contribution in [2.24, 2.45) is 0 Å². The maximum absolute atomic E-state index is 14.5. The topological polar surface area (TPSA) is 216 Å². The molecule has 0 spiro atoms. The number of methoxy groups -OCH3 is 4. The molecule has 0 radical (unpaired) electrons. The normalized spacial score (nSPS) is 11.4. The zero-order valence-corrected chi connectivity index (χ0v) is 66.5. The Morgan fingerprint density at radius 2 is 0.911 bits per heavy atom. The molecule has 0 atom stereocenters. The first-order chi connectivity index (χ1) is 50.9.